The number of aromatic nitrogens is 3. The normalized spacial score (nSPS) is 13.7. The van der Waals surface area contributed by atoms with Crippen molar-refractivity contribution in [3.63, 3.8) is 0 Å². The van der Waals surface area contributed by atoms with Crippen LogP contribution in [0.2, 0.25) is 0 Å². The van der Waals surface area contributed by atoms with E-state index in [1.165, 1.54) is 0 Å². The van der Waals surface area contributed by atoms with Crippen LogP contribution in [0.5, 0.6) is 0 Å². The van der Waals surface area contributed by atoms with Gasteiger partial charge in [0, 0.05) is 25.4 Å². The highest BCUT2D eigenvalue weighted by Gasteiger charge is 2.14. The minimum absolute atomic E-state index is 0.139. The van der Waals surface area contributed by atoms with Gasteiger partial charge in [-0.25, -0.2) is 9.37 Å². The van der Waals surface area contributed by atoms with E-state index in [2.05, 4.69) is 23.5 Å². The molecule has 0 spiro atoms. The van der Waals surface area contributed by atoms with Crippen LogP contribution in [-0.4, -0.2) is 14.5 Å². The fourth-order valence-corrected chi connectivity index (χ4v) is 3.01. The molecule has 2 heterocycles. The van der Waals surface area contributed by atoms with Crippen molar-refractivity contribution in [1.82, 2.24) is 14.5 Å². The molecule has 114 valence electrons. The highest BCUT2D eigenvalue weighted by Crippen LogP contribution is 2.31. The summed E-state index contributed by atoms with van der Waals surface area (Å²) in [5.41, 5.74) is 3.52. The van der Waals surface area contributed by atoms with Gasteiger partial charge in [0.2, 0.25) is 0 Å². The van der Waals surface area contributed by atoms with E-state index in [9.17, 15) is 4.39 Å². The van der Waals surface area contributed by atoms with Crippen molar-refractivity contribution in [3.05, 3.63) is 46.9 Å². The molecule has 0 radical (unpaired) electrons. The smallest absolute Gasteiger partial charge is 0.172 e. The number of halogens is 1. The van der Waals surface area contributed by atoms with E-state index >= 15 is 0 Å². The molecule has 0 aliphatic heterocycles. The van der Waals surface area contributed by atoms with Crippen LogP contribution in [0.25, 0.3) is 23.5 Å². The molecule has 1 aliphatic carbocycles. The Morgan fingerprint density at radius 2 is 2.36 bits per heavy atom. The first-order chi connectivity index (χ1) is 10.6. The fraction of sp³-hybridized carbons (Fsp3) is 0.235. The number of hydrogen-bond acceptors (Lipinski definition) is 2. The zero-order chi connectivity index (χ0) is 15.7. The van der Waals surface area contributed by atoms with Gasteiger partial charge >= 0.3 is 0 Å². The molecule has 22 heavy (non-hydrogen) atoms. The molecule has 5 heteroatoms. The van der Waals surface area contributed by atoms with Crippen LogP contribution in [0, 0.1) is 0 Å². The lowest BCUT2D eigenvalue weighted by atomic mass is 10.2. The number of aryl methyl sites for hydroxylation is 1. The number of aromatic amines is 1. The Morgan fingerprint density at radius 3 is 3.14 bits per heavy atom. The first-order valence-electron chi connectivity index (χ1n) is 7.21. The average Bonchev–Trinajstić information content (AvgIpc) is 2.99. The van der Waals surface area contributed by atoms with Gasteiger partial charge in [-0.2, -0.15) is 0 Å². The van der Waals surface area contributed by atoms with Crippen molar-refractivity contribution in [2.45, 2.75) is 24.9 Å². The van der Waals surface area contributed by atoms with Crippen LogP contribution < -0.4 is 0 Å². The summed E-state index contributed by atoms with van der Waals surface area (Å²) in [7, 11) is 1.97. The molecule has 0 aromatic carbocycles. The van der Waals surface area contributed by atoms with Crippen LogP contribution in [0.3, 0.4) is 0 Å². The largest absolute Gasteiger partial charge is 0.353 e. The topological polar surface area (TPSA) is 33.6 Å². The summed E-state index contributed by atoms with van der Waals surface area (Å²) < 4.78 is 15.5. The van der Waals surface area contributed by atoms with Gasteiger partial charge in [0.15, 0.2) is 5.16 Å². The number of hydrogen-bond donors (Lipinski definition) is 1. The number of nitrogens with one attached hydrogen (secondary N) is 1. The molecule has 0 fully saturated rings. The molecule has 3 rings (SSSR count). The highest BCUT2D eigenvalue weighted by atomic mass is 32.2. The van der Waals surface area contributed by atoms with Crippen LogP contribution in [0.15, 0.2) is 40.8 Å². The summed E-state index contributed by atoms with van der Waals surface area (Å²) in [5.74, 6) is -0.139. The molecule has 0 atom stereocenters. The van der Waals surface area contributed by atoms with E-state index in [-0.39, 0.29) is 5.83 Å². The third kappa shape index (κ3) is 2.95. The average molecular weight is 315 g/mol. The van der Waals surface area contributed by atoms with Gasteiger partial charge in [0.1, 0.15) is 11.5 Å². The lowest BCUT2D eigenvalue weighted by Crippen LogP contribution is -1.88. The molecule has 0 saturated heterocycles. The van der Waals surface area contributed by atoms with Crippen molar-refractivity contribution < 1.29 is 4.39 Å². The molecule has 0 saturated carbocycles. The van der Waals surface area contributed by atoms with Gasteiger partial charge < -0.3 is 9.55 Å². The summed E-state index contributed by atoms with van der Waals surface area (Å²) in [6, 6.07) is 2.01. The molecular formula is C17H18FN3S. The minimum atomic E-state index is -0.139. The summed E-state index contributed by atoms with van der Waals surface area (Å²) in [6.45, 7) is 6.08. The van der Waals surface area contributed by atoms with Gasteiger partial charge in [-0.3, -0.25) is 0 Å². The molecule has 2 aromatic rings. The lowest BCUT2D eigenvalue weighted by Gasteiger charge is -2.00. The second kappa shape index (κ2) is 6.01. The Labute approximate surface area is 133 Å². The van der Waals surface area contributed by atoms with Gasteiger partial charge in [0.05, 0.1) is 5.69 Å². The van der Waals surface area contributed by atoms with E-state index in [1.807, 2.05) is 36.0 Å². The second-order valence-corrected chi connectivity index (χ2v) is 6.41. The SMILES string of the molecule is C=C(CC)Sc1nc(-c2cc3c([nH]2)C=C(F)CC=C3)cn1C. The van der Waals surface area contributed by atoms with E-state index in [4.69, 9.17) is 0 Å². The first-order valence-corrected chi connectivity index (χ1v) is 8.03. The van der Waals surface area contributed by atoms with Crippen molar-refractivity contribution in [3.8, 4) is 11.4 Å². The molecule has 2 aromatic heterocycles. The molecule has 1 N–H and O–H groups in total. The Balaban J connectivity index is 1.94. The standard InChI is InChI=1S/C17H18FN3S/c1-4-11(2)22-17-20-16(10-21(17)3)15-8-12-6-5-7-13(18)9-14(12)19-15/h5-6,8-10,19H,2,4,7H2,1,3H3. The van der Waals surface area contributed by atoms with Crippen molar-refractivity contribution in [1.29, 1.82) is 0 Å². The molecule has 3 nitrogen and oxygen atoms in total. The third-order valence-corrected chi connectivity index (χ3v) is 4.67. The summed E-state index contributed by atoms with van der Waals surface area (Å²) in [5, 5.41) is 0.906. The van der Waals surface area contributed by atoms with Crippen LogP contribution >= 0.6 is 11.8 Å². The number of thioether (sulfide) groups is 1. The Bertz CT molecular complexity index is 780. The summed E-state index contributed by atoms with van der Waals surface area (Å²) in [6.07, 6.45) is 8.56. The summed E-state index contributed by atoms with van der Waals surface area (Å²) in [4.78, 5) is 8.98. The quantitative estimate of drug-likeness (QED) is 0.791. The molecule has 0 unspecified atom stereocenters. The van der Waals surface area contributed by atoms with Crippen molar-refractivity contribution in [2.75, 3.05) is 0 Å². The van der Waals surface area contributed by atoms with Gasteiger partial charge in [-0.1, -0.05) is 37.4 Å². The zero-order valence-electron chi connectivity index (χ0n) is 12.7. The van der Waals surface area contributed by atoms with Crippen molar-refractivity contribution in [2.24, 2.45) is 7.05 Å². The second-order valence-electron chi connectivity index (χ2n) is 5.26. The predicted octanol–water partition coefficient (Wildman–Crippen LogP) is 5.16. The molecule has 1 aliphatic rings. The zero-order valence-corrected chi connectivity index (χ0v) is 13.5. The van der Waals surface area contributed by atoms with Crippen LogP contribution in [0.1, 0.15) is 31.0 Å². The number of fused-ring (bicyclic) bond motifs is 1. The fourth-order valence-electron chi connectivity index (χ4n) is 2.27. The highest BCUT2D eigenvalue weighted by molar-refractivity contribution is 8.02. The summed E-state index contributed by atoms with van der Waals surface area (Å²) >= 11 is 1.58. The monoisotopic (exact) mass is 315 g/mol. The number of nitrogens with zero attached hydrogens (tertiary/aromatic N) is 2. The van der Waals surface area contributed by atoms with Gasteiger partial charge in [-0.05, 0) is 29.0 Å². The Morgan fingerprint density at radius 1 is 1.55 bits per heavy atom. The number of H-pyrrole nitrogens is 1. The number of allylic oxidation sites excluding steroid dienone is 3. The maximum atomic E-state index is 13.5. The number of imidazole rings is 1. The minimum Gasteiger partial charge on any atom is -0.353 e. The lowest BCUT2D eigenvalue weighted by molar-refractivity contribution is 0.626. The molecule has 0 bridgehead atoms. The van der Waals surface area contributed by atoms with Crippen molar-refractivity contribution >= 4 is 23.9 Å². The third-order valence-electron chi connectivity index (χ3n) is 3.53. The predicted molar refractivity (Wildman–Crippen MR) is 91.0 cm³/mol. The molecular weight excluding hydrogens is 297 g/mol. The first kappa shape index (κ1) is 14.9. The van der Waals surface area contributed by atoms with Gasteiger partial charge in [-0.15, -0.1) is 0 Å². The molecule has 0 amide bonds. The Kier molecular flexibility index (Phi) is 4.07. The van der Waals surface area contributed by atoms with Gasteiger partial charge in [0.25, 0.3) is 0 Å². The number of rotatable bonds is 4. The van der Waals surface area contributed by atoms with E-state index in [0.717, 1.165) is 39.1 Å². The van der Waals surface area contributed by atoms with E-state index < -0.39 is 0 Å². The Hall–Kier alpha value is -2.01. The van der Waals surface area contributed by atoms with E-state index in [0.29, 0.717) is 6.42 Å². The van der Waals surface area contributed by atoms with Crippen LogP contribution in [-0.2, 0) is 7.05 Å². The van der Waals surface area contributed by atoms with E-state index in [1.54, 1.807) is 17.8 Å². The van der Waals surface area contributed by atoms with Crippen LogP contribution in [0.4, 0.5) is 4.39 Å². The maximum Gasteiger partial charge on any atom is 0.172 e. The maximum absolute atomic E-state index is 13.5.